The summed E-state index contributed by atoms with van der Waals surface area (Å²) < 4.78 is 14.8. The van der Waals surface area contributed by atoms with Crippen molar-refractivity contribution in [1.82, 2.24) is 0 Å². The number of esters is 1. The molecule has 1 aromatic rings. The number of methoxy groups -OCH3 is 2. The highest BCUT2D eigenvalue weighted by atomic mass is 16.5. The second-order valence-corrected chi connectivity index (χ2v) is 3.30. The van der Waals surface area contributed by atoms with Crippen molar-refractivity contribution in [2.45, 2.75) is 13.0 Å². The third-order valence-electron chi connectivity index (χ3n) is 2.20. The molecule has 1 atom stereocenters. The fraction of sp³-hybridized carbons (Fsp3) is 0.417. The average Bonchev–Trinajstić information content (AvgIpc) is 2.37. The largest absolute Gasteiger partial charge is 0.497 e. The van der Waals surface area contributed by atoms with Crippen LogP contribution >= 0.6 is 0 Å². The van der Waals surface area contributed by atoms with Crippen molar-refractivity contribution >= 4 is 5.97 Å². The number of hydrogen-bond donors (Lipinski definition) is 1. The van der Waals surface area contributed by atoms with E-state index in [-0.39, 0.29) is 6.61 Å². The van der Waals surface area contributed by atoms with Gasteiger partial charge < -0.3 is 19.3 Å². The van der Waals surface area contributed by atoms with Crippen molar-refractivity contribution in [2.24, 2.45) is 0 Å². The van der Waals surface area contributed by atoms with Crippen molar-refractivity contribution < 1.29 is 24.1 Å². The van der Waals surface area contributed by atoms with Crippen molar-refractivity contribution in [1.29, 1.82) is 0 Å². The minimum atomic E-state index is -1.33. The molecule has 0 saturated carbocycles. The molecule has 0 bridgehead atoms. The van der Waals surface area contributed by atoms with Crippen LogP contribution in [0.2, 0.25) is 0 Å². The predicted octanol–water partition coefficient (Wildman–Crippen LogP) is 1.30. The molecular weight excluding hydrogens is 224 g/mol. The Bertz CT molecular complexity index is 366. The van der Waals surface area contributed by atoms with Gasteiger partial charge in [-0.3, -0.25) is 0 Å². The minimum absolute atomic E-state index is 0.219. The Morgan fingerprint density at radius 2 is 1.76 bits per heavy atom. The molecule has 0 unspecified atom stereocenters. The molecular formula is C12H16O5. The Kier molecular flexibility index (Phi) is 4.78. The highest BCUT2D eigenvalue weighted by Crippen LogP contribution is 2.26. The molecule has 0 radical (unpaired) electrons. The van der Waals surface area contributed by atoms with Crippen LogP contribution in [-0.2, 0) is 9.53 Å². The lowest BCUT2D eigenvalue weighted by atomic mass is 10.1. The fourth-order valence-corrected chi connectivity index (χ4v) is 1.34. The number of rotatable bonds is 5. The normalized spacial score (nSPS) is 11.8. The zero-order valence-electron chi connectivity index (χ0n) is 10.1. The molecule has 1 N–H and O–H groups in total. The van der Waals surface area contributed by atoms with Gasteiger partial charge in [0.05, 0.1) is 20.8 Å². The topological polar surface area (TPSA) is 65.0 Å². The summed E-state index contributed by atoms with van der Waals surface area (Å²) in [6, 6.07) is 4.77. The Morgan fingerprint density at radius 3 is 2.18 bits per heavy atom. The summed E-state index contributed by atoms with van der Waals surface area (Å²) in [6.45, 7) is 1.90. The Hall–Kier alpha value is -1.75. The maximum atomic E-state index is 11.4. The number of aliphatic hydroxyl groups is 1. The Morgan fingerprint density at radius 1 is 1.24 bits per heavy atom. The molecule has 0 aliphatic carbocycles. The summed E-state index contributed by atoms with van der Waals surface area (Å²) in [7, 11) is 2.99. The van der Waals surface area contributed by atoms with E-state index in [1.807, 2.05) is 0 Å². The molecule has 0 aliphatic rings. The molecule has 5 nitrogen and oxygen atoms in total. The van der Waals surface area contributed by atoms with E-state index < -0.39 is 12.1 Å². The molecule has 17 heavy (non-hydrogen) atoms. The summed E-state index contributed by atoms with van der Waals surface area (Å²) in [5.41, 5.74) is 0.375. The zero-order chi connectivity index (χ0) is 12.8. The highest BCUT2D eigenvalue weighted by molar-refractivity contribution is 5.76. The maximum Gasteiger partial charge on any atom is 0.339 e. The van der Waals surface area contributed by atoms with E-state index in [0.29, 0.717) is 17.1 Å². The van der Waals surface area contributed by atoms with Gasteiger partial charge in [0.25, 0.3) is 0 Å². The van der Waals surface area contributed by atoms with Crippen LogP contribution in [0.4, 0.5) is 0 Å². The van der Waals surface area contributed by atoms with E-state index in [1.54, 1.807) is 25.1 Å². The van der Waals surface area contributed by atoms with E-state index >= 15 is 0 Å². The lowest BCUT2D eigenvalue weighted by molar-refractivity contribution is -0.153. The van der Waals surface area contributed by atoms with Gasteiger partial charge in [-0.05, 0) is 24.6 Å². The van der Waals surface area contributed by atoms with Crippen molar-refractivity contribution in [2.75, 3.05) is 20.8 Å². The van der Waals surface area contributed by atoms with Crippen molar-refractivity contribution in [3.05, 3.63) is 23.8 Å². The second-order valence-electron chi connectivity index (χ2n) is 3.30. The number of carbonyl (C=O) groups excluding carboxylic acids is 1. The van der Waals surface area contributed by atoms with Crippen LogP contribution < -0.4 is 9.47 Å². The SMILES string of the molecule is CCOC(=O)[C@H](O)c1cc(OC)cc(OC)c1. The number of benzene rings is 1. The highest BCUT2D eigenvalue weighted by Gasteiger charge is 2.20. The molecule has 5 heteroatoms. The van der Waals surface area contributed by atoms with Crippen LogP contribution in [0.1, 0.15) is 18.6 Å². The van der Waals surface area contributed by atoms with Crippen LogP contribution in [0.5, 0.6) is 11.5 Å². The molecule has 0 spiro atoms. The van der Waals surface area contributed by atoms with E-state index in [1.165, 1.54) is 14.2 Å². The van der Waals surface area contributed by atoms with Gasteiger partial charge in [-0.1, -0.05) is 0 Å². The fourth-order valence-electron chi connectivity index (χ4n) is 1.34. The van der Waals surface area contributed by atoms with Gasteiger partial charge in [0.15, 0.2) is 6.10 Å². The molecule has 94 valence electrons. The molecule has 0 heterocycles. The summed E-state index contributed by atoms with van der Waals surface area (Å²) in [5, 5.41) is 9.77. The maximum absolute atomic E-state index is 11.4. The number of ether oxygens (including phenoxy) is 3. The summed E-state index contributed by atoms with van der Waals surface area (Å²) >= 11 is 0. The first-order valence-electron chi connectivity index (χ1n) is 5.20. The second kappa shape index (κ2) is 6.10. The summed E-state index contributed by atoms with van der Waals surface area (Å²) in [4.78, 5) is 11.4. The predicted molar refractivity (Wildman–Crippen MR) is 61.1 cm³/mol. The first-order chi connectivity index (χ1) is 8.12. The molecule has 1 rings (SSSR count). The van der Waals surface area contributed by atoms with E-state index in [0.717, 1.165) is 0 Å². The van der Waals surface area contributed by atoms with Crippen LogP contribution in [0.3, 0.4) is 0 Å². The standard InChI is InChI=1S/C12H16O5/c1-4-17-12(14)11(13)8-5-9(15-2)7-10(6-8)16-3/h5-7,11,13H,4H2,1-3H3/t11-/m1/s1. The van der Waals surface area contributed by atoms with E-state index in [4.69, 9.17) is 14.2 Å². The number of hydrogen-bond acceptors (Lipinski definition) is 5. The molecule has 1 aromatic carbocycles. The summed E-state index contributed by atoms with van der Waals surface area (Å²) in [6.07, 6.45) is -1.33. The smallest absolute Gasteiger partial charge is 0.339 e. The third kappa shape index (κ3) is 3.35. The summed E-state index contributed by atoms with van der Waals surface area (Å²) in [5.74, 6) is 0.313. The molecule has 0 amide bonds. The van der Waals surface area contributed by atoms with Crippen LogP contribution in [0.25, 0.3) is 0 Å². The van der Waals surface area contributed by atoms with Gasteiger partial charge >= 0.3 is 5.97 Å². The van der Waals surface area contributed by atoms with Crippen LogP contribution in [0.15, 0.2) is 18.2 Å². The molecule has 0 aromatic heterocycles. The minimum Gasteiger partial charge on any atom is -0.497 e. The first-order valence-corrected chi connectivity index (χ1v) is 5.20. The van der Waals surface area contributed by atoms with Gasteiger partial charge in [-0.15, -0.1) is 0 Å². The van der Waals surface area contributed by atoms with Gasteiger partial charge in [-0.25, -0.2) is 4.79 Å². The van der Waals surface area contributed by atoms with Gasteiger partial charge in [0, 0.05) is 6.07 Å². The Labute approximate surface area is 99.9 Å². The van der Waals surface area contributed by atoms with Gasteiger partial charge in [-0.2, -0.15) is 0 Å². The third-order valence-corrected chi connectivity index (χ3v) is 2.20. The van der Waals surface area contributed by atoms with Crippen molar-refractivity contribution in [3.8, 4) is 11.5 Å². The molecule has 0 aliphatic heterocycles. The lowest BCUT2D eigenvalue weighted by Gasteiger charge is -2.12. The monoisotopic (exact) mass is 240 g/mol. The number of carbonyl (C=O) groups is 1. The lowest BCUT2D eigenvalue weighted by Crippen LogP contribution is -2.15. The average molecular weight is 240 g/mol. The quantitative estimate of drug-likeness (QED) is 0.786. The van der Waals surface area contributed by atoms with Crippen LogP contribution in [-0.4, -0.2) is 31.9 Å². The number of aliphatic hydroxyl groups excluding tert-OH is 1. The molecule has 0 saturated heterocycles. The molecule has 0 fully saturated rings. The van der Waals surface area contributed by atoms with Gasteiger partial charge in [0.2, 0.25) is 0 Å². The van der Waals surface area contributed by atoms with Gasteiger partial charge in [0.1, 0.15) is 11.5 Å². The van der Waals surface area contributed by atoms with Crippen LogP contribution in [0, 0.1) is 0 Å². The first kappa shape index (κ1) is 13.3. The Balaban J connectivity index is 2.99. The van der Waals surface area contributed by atoms with E-state index in [2.05, 4.69) is 0 Å². The van der Waals surface area contributed by atoms with E-state index in [9.17, 15) is 9.90 Å². The zero-order valence-corrected chi connectivity index (χ0v) is 10.1. The van der Waals surface area contributed by atoms with Crippen molar-refractivity contribution in [3.63, 3.8) is 0 Å².